The van der Waals surface area contributed by atoms with Gasteiger partial charge in [-0.1, -0.05) is 37.3 Å². The third kappa shape index (κ3) is 4.05. The minimum Gasteiger partial charge on any atom is -0.390 e. The minimum atomic E-state index is -2.15. The maximum Gasteiger partial charge on any atom is 0.237 e. The number of hydrogen-bond donors (Lipinski definition) is 4. The van der Waals surface area contributed by atoms with Gasteiger partial charge in [0.1, 0.15) is 0 Å². The first-order valence-electron chi connectivity index (χ1n) is 7.83. The van der Waals surface area contributed by atoms with E-state index in [2.05, 4.69) is 5.32 Å². The molecule has 24 heavy (non-hydrogen) atoms. The second kappa shape index (κ2) is 8.14. The monoisotopic (exact) mass is 335 g/mol. The van der Waals surface area contributed by atoms with Crippen molar-refractivity contribution >= 4 is 17.5 Å². The third-order valence-electron chi connectivity index (χ3n) is 3.90. The lowest BCUT2D eigenvalue weighted by Crippen LogP contribution is -2.67. The summed E-state index contributed by atoms with van der Waals surface area (Å²) in [4.78, 5) is 37.3. The Morgan fingerprint density at radius 2 is 1.75 bits per heavy atom. The van der Waals surface area contributed by atoms with Gasteiger partial charge in [-0.05, 0) is 20.3 Å². The Hall–Kier alpha value is -2.09. The zero-order valence-electron chi connectivity index (χ0n) is 14.2. The van der Waals surface area contributed by atoms with Gasteiger partial charge in [0.15, 0.2) is 17.1 Å². The second-order valence-electron chi connectivity index (χ2n) is 5.87. The zero-order chi connectivity index (χ0) is 18.5. The molecule has 0 aromatic heterocycles. The van der Waals surface area contributed by atoms with E-state index in [0.717, 1.165) is 0 Å². The van der Waals surface area contributed by atoms with Crippen molar-refractivity contribution in [3.8, 4) is 0 Å². The summed E-state index contributed by atoms with van der Waals surface area (Å²) in [7, 11) is 0. The van der Waals surface area contributed by atoms with Gasteiger partial charge in [0, 0.05) is 5.56 Å². The number of ketones is 2. The van der Waals surface area contributed by atoms with Crippen molar-refractivity contribution in [2.45, 2.75) is 50.9 Å². The number of nitrogens with one attached hydrogen (secondary N) is 1. The molecule has 0 saturated heterocycles. The molecule has 0 aliphatic heterocycles. The van der Waals surface area contributed by atoms with E-state index in [0.29, 0.717) is 0 Å². The first-order valence-corrected chi connectivity index (χ1v) is 7.83. The van der Waals surface area contributed by atoms with Crippen LogP contribution in [0, 0.1) is 0 Å². The normalized spacial score (nSPS) is 17.2. The number of carbonyl (C=O) groups excluding carboxylic acids is 3. The van der Waals surface area contributed by atoms with Crippen LogP contribution >= 0.6 is 0 Å². The van der Waals surface area contributed by atoms with Crippen LogP contribution in [0.2, 0.25) is 0 Å². The van der Waals surface area contributed by atoms with Crippen LogP contribution in [0.25, 0.3) is 0 Å². The minimum absolute atomic E-state index is 0.106. The first-order chi connectivity index (χ1) is 11.2. The molecular weight excluding hydrogens is 310 g/mol. The molecule has 0 radical (unpaired) electrons. The van der Waals surface area contributed by atoms with E-state index in [1.54, 1.807) is 25.1 Å². The van der Waals surface area contributed by atoms with Crippen LogP contribution in [0.4, 0.5) is 0 Å². The number of hydrogen-bond acceptors (Lipinski definition) is 6. The molecule has 6 N–H and O–H groups in total. The molecule has 0 fully saturated rings. The van der Waals surface area contributed by atoms with Gasteiger partial charge in [0.25, 0.3) is 0 Å². The summed E-state index contributed by atoms with van der Waals surface area (Å²) in [5.41, 5.74) is 9.61. The molecule has 132 valence electrons. The Morgan fingerprint density at radius 3 is 2.21 bits per heavy atom. The molecule has 1 amide bonds. The third-order valence-corrected chi connectivity index (χ3v) is 3.90. The Bertz CT molecular complexity index is 603. The summed E-state index contributed by atoms with van der Waals surface area (Å²) in [5.74, 6) is -2.00. The number of carbonyl (C=O) groups is 3. The van der Waals surface area contributed by atoms with E-state index in [1.165, 1.54) is 26.0 Å². The predicted octanol–water partition coefficient (Wildman–Crippen LogP) is -0.241. The maximum atomic E-state index is 12.8. The fourth-order valence-corrected chi connectivity index (χ4v) is 2.35. The molecule has 7 heteroatoms. The van der Waals surface area contributed by atoms with Crippen LogP contribution in [-0.2, 0) is 9.59 Å². The average Bonchev–Trinajstić information content (AvgIpc) is 2.59. The van der Waals surface area contributed by atoms with Crippen molar-refractivity contribution in [3.63, 3.8) is 0 Å². The Balaban J connectivity index is 3.18. The van der Waals surface area contributed by atoms with Crippen molar-refractivity contribution < 1.29 is 19.5 Å². The zero-order valence-corrected chi connectivity index (χ0v) is 14.2. The highest BCUT2D eigenvalue weighted by atomic mass is 16.3. The smallest absolute Gasteiger partial charge is 0.237 e. The molecular formula is C17H25N3O4. The second-order valence-corrected chi connectivity index (χ2v) is 5.87. The lowest BCUT2D eigenvalue weighted by molar-refractivity contribution is -0.132. The van der Waals surface area contributed by atoms with Gasteiger partial charge in [-0.25, -0.2) is 0 Å². The van der Waals surface area contributed by atoms with E-state index >= 15 is 0 Å². The van der Waals surface area contributed by atoms with Crippen molar-refractivity contribution in [1.29, 1.82) is 0 Å². The lowest BCUT2D eigenvalue weighted by Gasteiger charge is -2.33. The summed E-state index contributed by atoms with van der Waals surface area (Å²) >= 11 is 0. The summed E-state index contributed by atoms with van der Waals surface area (Å²) in [5, 5.41) is 12.7. The topological polar surface area (TPSA) is 136 Å². The Labute approximate surface area is 141 Å². The maximum absolute atomic E-state index is 12.8. The molecule has 0 aliphatic carbocycles. The molecule has 0 saturated carbocycles. The average molecular weight is 335 g/mol. The van der Waals surface area contributed by atoms with Crippen molar-refractivity contribution in [1.82, 2.24) is 5.32 Å². The SMILES string of the molecule is CCC(O)C(N)(C(=O)c1ccccc1)C(=O)[C@H](C)NC(=O)[C@H](C)N. The summed E-state index contributed by atoms with van der Waals surface area (Å²) in [6.07, 6.45) is -1.28. The van der Waals surface area contributed by atoms with Crippen LogP contribution in [-0.4, -0.2) is 46.3 Å². The van der Waals surface area contributed by atoms with E-state index in [-0.39, 0.29) is 12.0 Å². The Kier molecular flexibility index (Phi) is 6.77. The number of benzene rings is 1. The fraction of sp³-hybridized carbons (Fsp3) is 0.471. The van der Waals surface area contributed by atoms with E-state index in [9.17, 15) is 19.5 Å². The quantitative estimate of drug-likeness (QED) is 0.382. The summed E-state index contributed by atoms with van der Waals surface area (Å²) in [6.45, 7) is 4.49. The van der Waals surface area contributed by atoms with E-state index in [1.807, 2.05) is 0 Å². The lowest BCUT2D eigenvalue weighted by atomic mass is 9.78. The molecule has 1 aromatic carbocycles. The number of rotatable bonds is 8. The number of nitrogens with two attached hydrogens (primary N) is 2. The van der Waals surface area contributed by atoms with E-state index in [4.69, 9.17) is 11.5 Å². The number of Topliss-reactive ketones (excluding diaryl/α,β-unsaturated/α-hetero) is 2. The molecule has 4 atom stereocenters. The van der Waals surface area contributed by atoms with Gasteiger partial charge in [0.05, 0.1) is 18.2 Å². The van der Waals surface area contributed by atoms with Crippen LogP contribution in [0.1, 0.15) is 37.6 Å². The van der Waals surface area contributed by atoms with Gasteiger partial charge < -0.3 is 21.9 Å². The van der Waals surface area contributed by atoms with Gasteiger partial charge in [-0.3, -0.25) is 14.4 Å². The van der Waals surface area contributed by atoms with Gasteiger partial charge in [-0.2, -0.15) is 0 Å². The standard InChI is InChI=1S/C17H25N3O4/c1-4-13(21)17(19,15(23)12-8-6-5-7-9-12)14(22)11(3)20-16(24)10(2)18/h5-11,13,21H,4,18-19H2,1-3H3,(H,20,24)/t10-,11-,13?,17?/m0/s1. The van der Waals surface area contributed by atoms with E-state index < -0.39 is 41.2 Å². The largest absolute Gasteiger partial charge is 0.390 e. The number of aliphatic hydroxyl groups is 1. The van der Waals surface area contributed by atoms with Gasteiger partial charge >= 0.3 is 0 Å². The summed E-state index contributed by atoms with van der Waals surface area (Å²) in [6, 6.07) is 6.15. The van der Waals surface area contributed by atoms with Crippen LogP contribution in [0.5, 0.6) is 0 Å². The molecule has 0 bridgehead atoms. The number of amides is 1. The Morgan fingerprint density at radius 1 is 1.21 bits per heavy atom. The summed E-state index contributed by atoms with van der Waals surface area (Å²) < 4.78 is 0. The highest BCUT2D eigenvalue weighted by Gasteiger charge is 2.49. The fourth-order valence-electron chi connectivity index (χ4n) is 2.35. The highest BCUT2D eigenvalue weighted by molar-refractivity contribution is 6.20. The molecule has 1 rings (SSSR count). The first kappa shape index (κ1) is 20.0. The highest BCUT2D eigenvalue weighted by Crippen LogP contribution is 2.20. The van der Waals surface area contributed by atoms with Crippen LogP contribution in [0.3, 0.4) is 0 Å². The molecule has 2 unspecified atom stereocenters. The predicted molar refractivity (Wildman–Crippen MR) is 90.2 cm³/mol. The van der Waals surface area contributed by atoms with Crippen LogP contribution in [0.15, 0.2) is 30.3 Å². The molecule has 0 heterocycles. The van der Waals surface area contributed by atoms with Crippen molar-refractivity contribution in [2.75, 3.05) is 0 Å². The molecule has 1 aromatic rings. The molecule has 0 spiro atoms. The van der Waals surface area contributed by atoms with Gasteiger partial charge in [-0.15, -0.1) is 0 Å². The number of aliphatic hydroxyl groups excluding tert-OH is 1. The molecule has 0 aliphatic rings. The van der Waals surface area contributed by atoms with Gasteiger partial charge in [0.2, 0.25) is 5.91 Å². The van der Waals surface area contributed by atoms with Crippen molar-refractivity contribution in [2.24, 2.45) is 11.5 Å². The van der Waals surface area contributed by atoms with Crippen LogP contribution < -0.4 is 16.8 Å². The molecule has 7 nitrogen and oxygen atoms in total. The van der Waals surface area contributed by atoms with Crippen molar-refractivity contribution in [3.05, 3.63) is 35.9 Å².